The van der Waals surface area contributed by atoms with Crippen LogP contribution < -0.4 is 0 Å². The molecular weight excluding hydrogens is 253 g/mol. The summed E-state index contributed by atoms with van der Waals surface area (Å²) in [6, 6.07) is 4.86. The van der Waals surface area contributed by atoms with Crippen molar-refractivity contribution in [3.8, 4) is 0 Å². The number of carbonyl (C=O) groups is 1. The lowest BCUT2D eigenvalue weighted by Gasteiger charge is -2.07. The number of ether oxygens (including phenoxy) is 1. The molecule has 0 heterocycles. The highest BCUT2D eigenvalue weighted by atomic mass is 32.2. The number of halogens is 3. The maximum atomic E-state index is 12.4. The molecule has 0 aliphatic rings. The zero-order valence-corrected chi connectivity index (χ0v) is 9.64. The van der Waals surface area contributed by atoms with E-state index in [4.69, 9.17) is 0 Å². The molecule has 6 heteroatoms. The summed E-state index contributed by atoms with van der Waals surface area (Å²) < 4.78 is 41.5. The highest BCUT2D eigenvalue weighted by molar-refractivity contribution is 8.02. The number of benzene rings is 1. The minimum atomic E-state index is -4.36. The molecule has 0 aliphatic carbocycles. The Labute approximate surface area is 100 Å². The van der Waals surface area contributed by atoms with E-state index in [-0.39, 0.29) is 0 Å². The van der Waals surface area contributed by atoms with Crippen LogP contribution in [0.5, 0.6) is 0 Å². The standard InChI is InChI=1S/C11H9F3O2S/c1-16-10(15)5-6-17-9-4-2-3-8(7-9)11(12,13)14/h2-7H,1H3. The van der Waals surface area contributed by atoms with E-state index in [9.17, 15) is 18.0 Å². The summed E-state index contributed by atoms with van der Waals surface area (Å²) >= 11 is 1.01. The second kappa shape index (κ2) is 5.77. The normalized spacial score (nSPS) is 11.8. The fourth-order valence-electron chi connectivity index (χ4n) is 0.982. The predicted molar refractivity (Wildman–Crippen MR) is 58.5 cm³/mol. The van der Waals surface area contributed by atoms with Crippen molar-refractivity contribution < 1.29 is 22.7 Å². The molecule has 0 aromatic heterocycles. The third-order valence-electron chi connectivity index (χ3n) is 1.77. The van der Waals surface area contributed by atoms with Crippen LogP contribution in [0.1, 0.15) is 5.56 Å². The number of alkyl halides is 3. The summed E-state index contributed by atoms with van der Waals surface area (Å²) in [5, 5.41) is 1.38. The van der Waals surface area contributed by atoms with E-state index in [1.54, 1.807) is 0 Å². The van der Waals surface area contributed by atoms with Crippen LogP contribution in [0.3, 0.4) is 0 Å². The van der Waals surface area contributed by atoms with Crippen molar-refractivity contribution in [2.75, 3.05) is 7.11 Å². The summed E-state index contributed by atoms with van der Waals surface area (Å²) in [5.74, 6) is -0.551. The first-order chi connectivity index (χ1) is 7.93. The molecule has 1 aromatic rings. The van der Waals surface area contributed by atoms with Gasteiger partial charge in [-0.15, -0.1) is 0 Å². The van der Waals surface area contributed by atoms with E-state index in [1.165, 1.54) is 24.7 Å². The highest BCUT2D eigenvalue weighted by Crippen LogP contribution is 2.32. The lowest BCUT2D eigenvalue weighted by Crippen LogP contribution is -2.04. The molecule has 0 radical (unpaired) electrons. The third-order valence-corrected chi connectivity index (χ3v) is 2.57. The Hall–Kier alpha value is -1.43. The molecule has 0 aliphatic heterocycles. The Bertz CT molecular complexity index is 427. The van der Waals surface area contributed by atoms with Gasteiger partial charge < -0.3 is 4.74 Å². The number of hydrogen-bond acceptors (Lipinski definition) is 3. The van der Waals surface area contributed by atoms with Crippen molar-refractivity contribution in [1.82, 2.24) is 0 Å². The van der Waals surface area contributed by atoms with Gasteiger partial charge in [-0.3, -0.25) is 0 Å². The van der Waals surface area contributed by atoms with Gasteiger partial charge in [0.1, 0.15) is 0 Å². The van der Waals surface area contributed by atoms with Crippen LogP contribution in [0.2, 0.25) is 0 Å². The second-order valence-electron chi connectivity index (χ2n) is 2.97. The average molecular weight is 262 g/mol. The third kappa shape index (κ3) is 4.52. The first kappa shape index (κ1) is 13.6. The van der Waals surface area contributed by atoms with Crippen molar-refractivity contribution >= 4 is 17.7 Å². The number of carbonyl (C=O) groups excluding carboxylic acids is 1. The molecule has 0 saturated heterocycles. The van der Waals surface area contributed by atoms with E-state index < -0.39 is 17.7 Å². The molecule has 0 bridgehead atoms. The molecule has 0 N–H and O–H groups in total. The molecular formula is C11H9F3O2S. The van der Waals surface area contributed by atoms with Gasteiger partial charge >= 0.3 is 12.1 Å². The topological polar surface area (TPSA) is 26.3 Å². The van der Waals surface area contributed by atoms with Gasteiger partial charge in [0.15, 0.2) is 0 Å². The van der Waals surface area contributed by atoms with E-state index in [2.05, 4.69) is 4.74 Å². The number of thioether (sulfide) groups is 1. The fourth-order valence-corrected chi connectivity index (χ4v) is 1.67. The SMILES string of the molecule is COC(=O)C=CSc1cccc(C(F)(F)F)c1. The minimum Gasteiger partial charge on any atom is -0.466 e. The summed E-state index contributed by atoms with van der Waals surface area (Å²) in [6.07, 6.45) is -3.21. The first-order valence-corrected chi connectivity index (χ1v) is 5.40. The van der Waals surface area contributed by atoms with E-state index >= 15 is 0 Å². The van der Waals surface area contributed by atoms with Gasteiger partial charge in [-0.2, -0.15) is 13.2 Å². The summed E-state index contributed by atoms with van der Waals surface area (Å²) in [4.78, 5) is 11.1. The number of rotatable bonds is 3. The van der Waals surface area contributed by atoms with Gasteiger partial charge in [0.2, 0.25) is 0 Å². The smallest absolute Gasteiger partial charge is 0.416 e. The fraction of sp³-hybridized carbons (Fsp3) is 0.182. The van der Waals surface area contributed by atoms with Gasteiger partial charge in [-0.25, -0.2) is 4.79 Å². The number of hydrogen-bond donors (Lipinski definition) is 0. The van der Waals surface area contributed by atoms with E-state index in [1.807, 2.05) is 0 Å². The quantitative estimate of drug-likeness (QED) is 0.474. The van der Waals surface area contributed by atoms with Gasteiger partial charge in [0.05, 0.1) is 12.7 Å². The van der Waals surface area contributed by atoms with Gasteiger partial charge in [-0.1, -0.05) is 17.8 Å². The van der Waals surface area contributed by atoms with Crippen molar-refractivity contribution in [2.24, 2.45) is 0 Å². The van der Waals surface area contributed by atoms with Crippen LogP contribution in [0.25, 0.3) is 0 Å². The Morgan fingerprint density at radius 3 is 2.71 bits per heavy atom. The predicted octanol–water partition coefficient (Wildman–Crippen LogP) is 3.48. The first-order valence-electron chi connectivity index (χ1n) is 4.52. The lowest BCUT2D eigenvalue weighted by molar-refractivity contribution is -0.138. The maximum Gasteiger partial charge on any atom is 0.416 e. The average Bonchev–Trinajstić information content (AvgIpc) is 2.28. The molecule has 1 aromatic carbocycles. The zero-order valence-electron chi connectivity index (χ0n) is 8.82. The molecule has 0 fully saturated rings. The number of methoxy groups -OCH3 is 1. The minimum absolute atomic E-state index is 0.403. The summed E-state index contributed by atoms with van der Waals surface area (Å²) in [7, 11) is 1.22. The van der Waals surface area contributed by atoms with Gasteiger partial charge in [0, 0.05) is 11.0 Å². The van der Waals surface area contributed by atoms with Crippen molar-refractivity contribution in [2.45, 2.75) is 11.1 Å². The van der Waals surface area contributed by atoms with Crippen LogP contribution in [-0.4, -0.2) is 13.1 Å². The molecule has 1 rings (SSSR count). The Morgan fingerprint density at radius 1 is 1.41 bits per heavy atom. The Balaban J connectivity index is 2.73. The Morgan fingerprint density at radius 2 is 2.12 bits per heavy atom. The van der Waals surface area contributed by atoms with Gasteiger partial charge in [0.25, 0.3) is 0 Å². The molecule has 0 spiro atoms. The summed E-state index contributed by atoms with van der Waals surface area (Å²) in [5.41, 5.74) is -0.714. The molecule has 0 amide bonds. The van der Waals surface area contributed by atoms with Gasteiger partial charge in [-0.05, 0) is 23.6 Å². The van der Waals surface area contributed by atoms with Crippen LogP contribution in [-0.2, 0) is 15.7 Å². The van der Waals surface area contributed by atoms with Crippen LogP contribution >= 0.6 is 11.8 Å². The van der Waals surface area contributed by atoms with Crippen LogP contribution in [0, 0.1) is 0 Å². The van der Waals surface area contributed by atoms with E-state index in [0.717, 1.165) is 30.0 Å². The molecule has 0 saturated carbocycles. The Kier molecular flexibility index (Phi) is 4.62. The van der Waals surface area contributed by atoms with E-state index in [0.29, 0.717) is 4.90 Å². The number of esters is 1. The largest absolute Gasteiger partial charge is 0.466 e. The molecule has 0 unspecified atom stereocenters. The zero-order chi connectivity index (χ0) is 12.9. The monoisotopic (exact) mass is 262 g/mol. The maximum absolute atomic E-state index is 12.4. The van der Waals surface area contributed by atoms with Crippen molar-refractivity contribution in [3.05, 3.63) is 41.3 Å². The molecule has 92 valence electrons. The molecule has 17 heavy (non-hydrogen) atoms. The molecule has 0 atom stereocenters. The highest BCUT2D eigenvalue weighted by Gasteiger charge is 2.30. The molecule has 2 nitrogen and oxygen atoms in total. The van der Waals surface area contributed by atoms with Crippen molar-refractivity contribution in [1.29, 1.82) is 0 Å². The van der Waals surface area contributed by atoms with Crippen molar-refractivity contribution in [3.63, 3.8) is 0 Å². The second-order valence-corrected chi connectivity index (χ2v) is 3.95. The van der Waals surface area contributed by atoms with Crippen LogP contribution in [0.15, 0.2) is 40.6 Å². The van der Waals surface area contributed by atoms with Crippen LogP contribution in [0.4, 0.5) is 13.2 Å². The lowest BCUT2D eigenvalue weighted by atomic mass is 10.2. The summed E-state index contributed by atoms with van der Waals surface area (Å²) in [6.45, 7) is 0.